The number of nitrogens with one attached hydrogen (secondary N) is 1. The van der Waals surface area contributed by atoms with Gasteiger partial charge in [-0.2, -0.15) is 0 Å². The normalized spacial score (nSPS) is 41.8. The first kappa shape index (κ1) is 29.2. The SMILES string of the molecule is CC(NC(C)(C)OC(=O)CC[C@@H](C)[C@H]1CC[C@H]2[C@@H]3[C@H](O)C[C@@H]4CCCC[C@]4(C)[C@H]3CC[C@]12C)C(C)(F)F. The van der Waals surface area contributed by atoms with E-state index in [1.54, 1.807) is 13.8 Å². The van der Waals surface area contributed by atoms with Gasteiger partial charge in [0.05, 0.1) is 12.1 Å². The molecule has 4 saturated carbocycles. The fourth-order valence-electron chi connectivity index (χ4n) is 9.79. The number of alkyl halides is 2. The molecular formula is C31H53F2NO3. The molecule has 0 heterocycles. The van der Waals surface area contributed by atoms with Gasteiger partial charge in [-0.15, -0.1) is 0 Å². The number of carbonyl (C=O) groups is 1. The number of carbonyl (C=O) groups excluding carboxylic acids is 1. The first-order valence-electron chi connectivity index (χ1n) is 15.1. The zero-order chi connectivity index (χ0) is 27.4. The molecule has 0 bridgehead atoms. The third kappa shape index (κ3) is 5.62. The zero-order valence-electron chi connectivity index (χ0n) is 24.4. The van der Waals surface area contributed by atoms with Crippen LogP contribution in [0.2, 0.25) is 0 Å². The average molecular weight is 526 g/mol. The Morgan fingerprint density at radius 1 is 1.03 bits per heavy atom. The third-order valence-corrected chi connectivity index (χ3v) is 11.9. The van der Waals surface area contributed by atoms with Gasteiger partial charge in [0, 0.05) is 13.3 Å². The average Bonchev–Trinajstić information content (AvgIpc) is 3.13. The summed E-state index contributed by atoms with van der Waals surface area (Å²) in [6, 6.07) is -1.10. The van der Waals surface area contributed by atoms with Crippen molar-refractivity contribution >= 4 is 5.97 Å². The Kier molecular flexibility index (Phi) is 8.17. The van der Waals surface area contributed by atoms with Crippen molar-refractivity contribution in [2.75, 3.05) is 0 Å². The Hall–Kier alpha value is -0.750. The fraction of sp³-hybridized carbons (Fsp3) is 0.968. The predicted molar refractivity (Wildman–Crippen MR) is 143 cm³/mol. The van der Waals surface area contributed by atoms with E-state index in [0.29, 0.717) is 47.3 Å². The van der Waals surface area contributed by atoms with Crippen molar-refractivity contribution in [3.8, 4) is 0 Å². The number of hydrogen-bond donors (Lipinski definition) is 2. The van der Waals surface area contributed by atoms with Gasteiger partial charge in [-0.1, -0.05) is 33.6 Å². The molecule has 0 aromatic rings. The number of rotatable bonds is 8. The van der Waals surface area contributed by atoms with E-state index >= 15 is 0 Å². The van der Waals surface area contributed by atoms with Gasteiger partial charge >= 0.3 is 5.97 Å². The molecule has 4 nitrogen and oxygen atoms in total. The van der Waals surface area contributed by atoms with Crippen LogP contribution < -0.4 is 5.32 Å². The molecule has 1 unspecified atom stereocenters. The van der Waals surface area contributed by atoms with E-state index in [4.69, 9.17) is 4.74 Å². The topological polar surface area (TPSA) is 58.6 Å². The van der Waals surface area contributed by atoms with Gasteiger partial charge < -0.3 is 9.84 Å². The summed E-state index contributed by atoms with van der Waals surface area (Å²) in [7, 11) is 0. The molecule has 2 N–H and O–H groups in total. The van der Waals surface area contributed by atoms with Gasteiger partial charge in [-0.05, 0) is 118 Å². The molecule has 6 heteroatoms. The molecular weight excluding hydrogens is 472 g/mol. The number of esters is 1. The number of hydrogen-bond acceptors (Lipinski definition) is 4. The monoisotopic (exact) mass is 525 g/mol. The van der Waals surface area contributed by atoms with Crippen LogP contribution in [0.4, 0.5) is 8.78 Å². The van der Waals surface area contributed by atoms with Crippen LogP contribution in [0, 0.1) is 46.3 Å². The Morgan fingerprint density at radius 2 is 1.70 bits per heavy atom. The van der Waals surface area contributed by atoms with Crippen LogP contribution >= 0.6 is 0 Å². The summed E-state index contributed by atoms with van der Waals surface area (Å²) in [6.45, 7) is 12.8. The lowest BCUT2D eigenvalue weighted by atomic mass is 9.44. The Balaban J connectivity index is 1.36. The molecule has 10 atom stereocenters. The zero-order valence-corrected chi connectivity index (χ0v) is 24.4. The molecule has 0 spiro atoms. The van der Waals surface area contributed by atoms with Gasteiger partial charge in [0.25, 0.3) is 5.92 Å². The molecule has 37 heavy (non-hydrogen) atoms. The standard InChI is InChI=1S/C31H53F2NO3/c1-19(11-14-26(36)37-28(3,4)34-20(2)31(7,32)33)22-12-13-23-27-24(15-17-30(22,23)6)29(5)16-9-8-10-21(29)18-25(27)35/h19-25,27,34-35H,8-18H2,1-7H3/t19-,20?,21+,22-,23+,24+,25-,27+,29+,30-/m1/s1. The molecule has 4 aliphatic carbocycles. The summed E-state index contributed by atoms with van der Waals surface area (Å²) >= 11 is 0. The number of halogens is 2. The van der Waals surface area contributed by atoms with Crippen LogP contribution in [0.3, 0.4) is 0 Å². The highest BCUT2D eigenvalue weighted by Gasteiger charge is 2.62. The summed E-state index contributed by atoms with van der Waals surface area (Å²) in [5.74, 6) is 0.0240. The van der Waals surface area contributed by atoms with Crippen molar-refractivity contribution in [3.05, 3.63) is 0 Å². The number of ether oxygens (including phenoxy) is 1. The van der Waals surface area contributed by atoms with E-state index in [9.17, 15) is 18.7 Å². The second-order valence-corrected chi connectivity index (χ2v) is 14.6. The minimum atomic E-state index is -2.90. The van der Waals surface area contributed by atoms with Crippen LogP contribution in [-0.4, -0.2) is 34.9 Å². The van der Waals surface area contributed by atoms with Crippen molar-refractivity contribution in [1.29, 1.82) is 0 Å². The molecule has 0 aliphatic heterocycles. The lowest BCUT2D eigenvalue weighted by molar-refractivity contribution is -0.166. The van der Waals surface area contributed by atoms with Crippen LogP contribution in [0.5, 0.6) is 0 Å². The largest absolute Gasteiger partial charge is 0.444 e. The number of fused-ring (bicyclic) bond motifs is 5. The summed E-state index contributed by atoms with van der Waals surface area (Å²) in [5, 5.41) is 14.2. The van der Waals surface area contributed by atoms with E-state index in [0.717, 1.165) is 19.8 Å². The highest BCUT2D eigenvalue weighted by molar-refractivity contribution is 5.69. The van der Waals surface area contributed by atoms with Crippen molar-refractivity contribution < 1.29 is 23.4 Å². The second-order valence-electron chi connectivity index (χ2n) is 14.6. The molecule has 4 aliphatic rings. The molecule has 214 valence electrons. The Labute approximate surface area is 224 Å². The molecule has 0 saturated heterocycles. The highest BCUT2D eigenvalue weighted by Crippen LogP contribution is 2.68. The summed E-state index contributed by atoms with van der Waals surface area (Å²) in [6.07, 6.45) is 12.0. The quantitative estimate of drug-likeness (QED) is 0.257. The molecule has 0 aromatic carbocycles. The Bertz CT molecular complexity index is 828. The number of aliphatic hydroxyl groups is 1. The van der Waals surface area contributed by atoms with Crippen LogP contribution in [0.1, 0.15) is 119 Å². The van der Waals surface area contributed by atoms with Gasteiger partial charge in [0.1, 0.15) is 0 Å². The molecule has 0 radical (unpaired) electrons. The van der Waals surface area contributed by atoms with Gasteiger partial charge in [0.15, 0.2) is 5.72 Å². The van der Waals surface area contributed by atoms with Crippen LogP contribution in [-0.2, 0) is 9.53 Å². The third-order valence-electron chi connectivity index (χ3n) is 11.9. The first-order chi connectivity index (χ1) is 17.1. The maximum Gasteiger partial charge on any atom is 0.307 e. The van der Waals surface area contributed by atoms with Gasteiger partial charge in [-0.25, -0.2) is 8.78 Å². The smallest absolute Gasteiger partial charge is 0.307 e. The summed E-state index contributed by atoms with van der Waals surface area (Å²) in [5.41, 5.74) is -0.532. The maximum absolute atomic E-state index is 13.6. The second kappa shape index (κ2) is 10.3. The number of aliphatic hydroxyl groups excluding tert-OH is 1. The Morgan fingerprint density at radius 3 is 2.38 bits per heavy atom. The molecule has 4 fully saturated rings. The van der Waals surface area contributed by atoms with Crippen molar-refractivity contribution in [1.82, 2.24) is 5.32 Å². The first-order valence-corrected chi connectivity index (χ1v) is 15.1. The van der Waals surface area contributed by atoms with E-state index in [1.165, 1.54) is 58.3 Å². The molecule has 0 amide bonds. The minimum absolute atomic E-state index is 0.164. The van der Waals surface area contributed by atoms with Gasteiger partial charge in [0.2, 0.25) is 0 Å². The summed E-state index contributed by atoms with van der Waals surface area (Å²) in [4.78, 5) is 12.7. The minimum Gasteiger partial charge on any atom is -0.444 e. The van der Waals surface area contributed by atoms with Crippen LogP contribution in [0.15, 0.2) is 0 Å². The molecule has 0 aromatic heterocycles. The van der Waals surface area contributed by atoms with Crippen molar-refractivity contribution in [2.45, 2.75) is 143 Å². The van der Waals surface area contributed by atoms with Crippen molar-refractivity contribution in [3.63, 3.8) is 0 Å². The van der Waals surface area contributed by atoms with E-state index in [2.05, 4.69) is 26.1 Å². The molecule has 4 rings (SSSR count). The van der Waals surface area contributed by atoms with E-state index in [-0.39, 0.29) is 17.5 Å². The fourth-order valence-corrected chi connectivity index (χ4v) is 9.79. The van der Waals surface area contributed by atoms with E-state index in [1.807, 2.05) is 0 Å². The lowest BCUT2D eigenvalue weighted by Crippen LogP contribution is -2.57. The summed E-state index contributed by atoms with van der Waals surface area (Å²) < 4.78 is 32.8. The highest BCUT2D eigenvalue weighted by atomic mass is 19.3. The lowest BCUT2D eigenvalue weighted by Gasteiger charge is -2.62. The van der Waals surface area contributed by atoms with Crippen molar-refractivity contribution in [2.24, 2.45) is 46.3 Å². The predicted octanol–water partition coefficient (Wildman–Crippen LogP) is 7.34. The maximum atomic E-state index is 13.6. The van der Waals surface area contributed by atoms with E-state index < -0.39 is 17.7 Å². The van der Waals surface area contributed by atoms with Gasteiger partial charge in [-0.3, -0.25) is 10.1 Å². The van der Waals surface area contributed by atoms with Crippen LogP contribution in [0.25, 0.3) is 0 Å².